The molecule has 0 heterocycles. The van der Waals surface area contributed by atoms with Crippen molar-refractivity contribution in [2.45, 2.75) is 37.9 Å². The number of rotatable bonds is 11. The highest BCUT2D eigenvalue weighted by Crippen LogP contribution is 2.11. The van der Waals surface area contributed by atoms with Crippen LogP contribution in [-0.2, 0) is 27.2 Å². The van der Waals surface area contributed by atoms with Gasteiger partial charge < -0.3 is 31.9 Å². The molecular weight excluding hydrogens is 412 g/mol. The highest BCUT2D eigenvalue weighted by molar-refractivity contribution is 5.91. The third-order valence-electron chi connectivity index (χ3n) is 4.81. The van der Waals surface area contributed by atoms with Crippen molar-refractivity contribution in [2.24, 2.45) is 5.73 Å². The molecule has 9 heteroatoms. The summed E-state index contributed by atoms with van der Waals surface area (Å²) >= 11 is 0. The van der Waals surface area contributed by atoms with Gasteiger partial charge in [0.1, 0.15) is 11.8 Å². The van der Waals surface area contributed by atoms with E-state index in [4.69, 9.17) is 5.73 Å². The largest absolute Gasteiger partial charge is 0.508 e. The Balaban J connectivity index is 1.74. The molecule has 32 heavy (non-hydrogen) atoms. The molecule has 3 amide bonds. The number of nitrogens with two attached hydrogens (primary N) is 1. The second-order valence-electron chi connectivity index (χ2n) is 7.56. The summed E-state index contributed by atoms with van der Waals surface area (Å²) in [4.78, 5) is 36.6. The Hall–Kier alpha value is -3.43. The minimum absolute atomic E-state index is 0.117. The summed E-state index contributed by atoms with van der Waals surface area (Å²) in [6, 6.07) is 13.5. The van der Waals surface area contributed by atoms with Crippen LogP contribution in [0.4, 0.5) is 0 Å². The summed E-state index contributed by atoms with van der Waals surface area (Å²) in [5.74, 6) is -1.37. The molecule has 0 spiro atoms. The lowest BCUT2D eigenvalue weighted by Gasteiger charge is -2.19. The molecule has 0 fully saturated rings. The zero-order chi connectivity index (χ0) is 23.5. The van der Waals surface area contributed by atoms with Crippen molar-refractivity contribution in [1.82, 2.24) is 16.0 Å². The standard InChI is InChI=1S/C23H30N4O5/c1-15(26-23(32)20(24)12-17-7-9-19(29)10-8-17)22(31)25-13-21(30)27-18(14-28)11-16-5-3-2-4-6-16/h2-10,15,18,20,28-29H,11-14,24H2,1H3,(H,25,31)(H,26,32)(H,27,30)/t15-,18?,20+/m1/s1. The quantitative estimate of drug-likeness (QED) is 0.278. The molecule has 0 aliphatic carbocycles. The van der Waals surface area contributed by atoms with Crippen LogP contribution in [0.25, 0.3) is 0 Å². The van der Waals surface area contributed by atoms with Crippen LogP contribution >= 0.6 is 0 Å². The number of hydrogen-bond acceptors (Lipinski definition) is 6. The maximum absolute atomic E-state index is 12.3. The predicted molar refractivity (Wildman–Crippen MR) is 120 cm³/mol. The van der Waals surface area contributed by atoms with Gasteiger partial charge >= 0.3 is 0 Å². The maximum atomic E-state index is 12.3. The number of phenolic OH excluding ortho intramolecular Hbond substituents is 1. The van der Waals surface area contributed by atoms with Crippen LogP contribution in [0.3, 0.4) is 0 Å². The van der Waals surface area contributed by atoms with E-state index in [9.17, 15) is 24.6 Å². The summed E-state index contributed by atoms with van der Waals surface area (Å²) in [7, 11) is 0. The topological polar surface area (TPSA) is 154 Å². The zero-order valence-electron chi connectivity index (χ0n) is 18.0. The van der Waals surface area contributed by atoms with Gasteiger partial charge in [-0.25, -0.2) is 0 Å². The van der Waals surface area contributed by atoms with Crippen molar-refractivity contribution in [3.8, 4) is 5.75 Å². The molecule has 0 aliphatic rings. The second-order valence-corrected chi connectivity index (χ2v) is 7.56. The van der Waals surface area contributed by atoms with Gasteiger partial charge in [-0.05, 0) is 43.0 Å². The molecule has 7 N–H and O–H groups in total. The monoisotopic (exact) mass is 442 g/mol. The predicted octanol–water partition coefficient (Wildman–Crippen LogP) is -0.397. The van der Waals surface area contributed by atoms with E-state index in [-0.39, 0.29) is 25.3 Å². The number of aromatic hydroxyl groups is 1. The SMILES string of the molecule is C[C@@H](NC(=O)[C@@H](N)Cc1ccc(O)cc1)C(=O)NCC(=O)NC(CO)Cc1ccccc1. The molecular formula is C23H30N4O5. The van der Waals surface area contributed by atoms with Gasteiger partial charge in [0.15, 0.2) is 0 Å². The van der Waals surface area contributed by atoms with Crippen molar-refractivity contribution >= 4 is 17.7 Å². The van der Waals surface area contributed by atoms with Gasteiger partial charge in [-0.1, -0.05) is 42.5 Å². The van der Waals surface area contributed by atoms with E-state index in [1.807, 2.05) is 30.3 Å². The molecule has 0 aromatic heterocycles. The van der Waals surface area contributed by atoms with Crippen LogP contribution in [-0.4, -0.2) is 59.2 Å². The summed E-state index contributed by atoms with van der Waals surface area (Å²) in [5, 5.41) is 26.5. The lowest BCUT2D eigenvalue weighted by atomic mass is 10.1. The van der Waals surface area contributed by atoms with Crippen molar-refractivity contribution in [3.05, 3.63) is 65.7 Å². The van der Waals surface area contributed by atoms with E-state index in [1.54, 1.807) is 12.1 Å². The van der Waals surface area contributed by atoms with E-state index in [1.165, 1.54) is 19.1 Å². The molecule has 3 atom stereocenters. The lowest BCUT2D eigenvalue weighted by molar-refractivity contribution is -0.130. The number of carbonyl (C=O) groups is 3. The van der Waals surface area contributed by atoms with Gasteiger partial charge in [0.25, 0.3) is 0 Å². The number of benzene rings is 2. The van der Waals surface area contributed by atoms with Gasteiger partial charge in [0.2, 0.25) is 17.7 Å². The summed E-state index contributed by atoms with van der Waals surface area (Å²) in [6.07, 6.45) is 0.704. The fourth-order valence-corrected chi connectivity index (χ4v) is 3.02. The summed E-state index contributed by atoms with van der Waals surface area (Å²) in [5.41, 5.74) is 7.64. The Morgan fingerprint density at radius 3 is 2.16 bits per heavy atom. The number of aliphatic hydroxyl groups excluding tert-OH is 1. The number of nitrogens with one attached hydrogen (secondary N) is 3. The number of phenols is 1. The molecule has 0 bridgehead atoms. The van der Waals surface area contributed by atoms with Crippen LogP contribution in [0, 0.1) is 0 Å². The molecule has 0 aliphatic heterocycles. The third kappa shape index (κ3) is 8.37. The Labute approximate surface area is 187 Å². The highest BCUT2D eigenvalue weighted by atomic mass is 16.3. The fraction of sp³-hybridized carbons (Fsp3) is 0.348. The second kappa shape index (κ2) is 12.4. The Morgan fingerprint density at radius 1 is 0.906 bits per heavy atom. The smallest absolute Gasteiger partial charge is 0.242 e. The van der Waals surface area contributed by atoms with Crippen LogP contribution in [0.2, 0.25) is 0 Å². The van der Waals surface area contributed by atoms with Gasteiger partial charge in [0.05, 0.1) is 25.2 Å². The van der Waals surface area contributed by atoms with Crippen molar-refractivity contribution in [2.75, 3.05) is 13.2 Å². The minimum atomic E-state index is -0.890. The molecule has 1 unspecified atom stereocenters. The van der Waals surface area contributed by atoms with Crippen molar-refractivity contribution in [1.29, 1.82) is 0 Å². The summed E-state index contributed by atoms with van der Waals surface area (Å²) in [6.45, 7) is 0.966. The summed E-state index contributed by atoms with van der Waals surface area (Å²) < 4.78 is 0. The first kappa shape index (κ1) is 24.8. The molecule has 9 nitrogen and oxygen atoms in total. The molecule has 2 aromatic carbocycles. The normalized spacial score (nSPS) is 13.5. The zero-order valence-corrected chi connectivity index (χ0v) is 18.0. The average molecular weight is 443 g/mol. The maximum Gasteiger partial charge on any atom is 0.242 e. The van der Waals surface area contributed by atoms with Crippen molar-refractivity contribution in [3.63, 3.8) is 0 Å². The first-order valence-electron chi connectivity index (χ1n) is 10.3. The molecule has 0 saturated heterocycles. The van der Waals surface area contributed by atoms with E-state index in [0.717, 1.165) is 11.1 Å². The molecule has 2 rings (SSSR count). The van der Waals surface area contributed by atoms with Crippen molar-refractivity contribution < 1.29 is 24.6 Å². The number of aliphatic hydroxyl groups is 1. The van der Waals surface area contributed by atoms with E-state index >= 15 is 0 Å². The molecule has 2 aromatic rings. The van der Waals surface area contributed by atoms with Gasteiger partial charge in [-0.2, -0.15) is 0 Å². The average Bonchev–Trinajstić information content (AvgIpc) is 2.79. The number of carbonyl (C=O) groups excluding carboxylic acids is 3. The van der Waals surface area contributed by atoms with Gasteiger partial charge in [-0.15, -0.1) is 0 Å². The number of hydrogen-bond donors (Lipinski definition) is 6. The first-order valence-corrected chi connectivity index (χ1v) is 10.3. The first-order chi connectivity index (χ1) is 15.3. The Morgan fingerprint density at radius 2 is 1.53 bits per heavy atom. The molecule has 0 radical (unpaired) electrons. The van der Waals surface area contributed by atoms with Gasteiger partial charge in [0, 0.05) is 0 Å². The lowest BCUT2D eigenvalue weighted by Crippen LogP contribution is -2.52. The van der Waals surface area contributed by atoms with E-state index in [0.29, 0.717) is 6.42 Å². The molecule has 0 saturated carbocycles. The van der Waals surface area contributed by atoms with Crippen LogP contribution in [0.1, 0.15) is 18.1 Å². The highest BCUT2D eigenvalue weighted by Gasteiger charge is 2.21. The Bertz CT molecular complexity index is 889. The van der Waals surface area contributed by atoms with Crippen LogP contribution in [0.15, 0.2) is 54.6 Å². The number of amides is 3. The Kier molecular flexibility index (Phi) is 9.65. The molecule has 172 valence electrons. The fourth-order valence-electron chi connectivity index (χ4n) is 3.02. The van der Waals surface area contributed by atoms with E-state index < -0.39 is 35.8 Å². The van der Waals surface area contributed by atoms with Crippen LogP contribution < -0.4 is 21.7 Å². The minimum Gasteiger partial charge on any atom is -0.508 e. The van der Waals surface area contributed by atoms with Gasteiger partial charge in [-0.3, -0.25) is 14.4 Å². The van der Waals surface area contributed by atoms with E-state index in [2.05, 4.69) is 16.0 Å². The third-order valence-corrected chi connectivity index (χ3v) is 4.81. The van der Waals surface area contributed by atoms with Crippen LogP contribution in [0.5, 0.6) is 5.75 Å².